The third kappa shape index (κ3) is 3.25. The maximum Gasteiger partial charge on any atom is 0.260 e. The fourth-order valence-electron chi connectivity index (χ4n) is 1.41. The maximum atomic E-state index is 12.3. The van der Waals surface area contributed by atoms with E-state index < -0.39 is 6.43 Å². The van der Waals surface area contributed by atoms with Gasteiger partial charge in [-0.25, -0.2) is 8.78 Å². The van der Waals surface area contributed by atoms with Crippen LogP contribution < -0.4 is 0 Å². The Morgan fingerprint density at radius 2 is 1.77 bits per heavy atom. The summed E-state index contributed by atoms with van der Waals surface area (Å²) in [6.45, 7) is 5.32. The number of hydrogen-bond donors (Lipinski definition) is 1. The summed E-state index contributed by atoms with van der Waals surface area (Å²) in [6, 6.07) is 0. The molecule has 3 heteroatoms. The minimum atomic E-state index is -2.43. The van der Waals surface area contributed by atoms with Crippen LogP contribution in [0.4, 0.5) is 8.78 Å². The van der Waals surface area contributed by atoms with Crippen LogP contribution in [0.5, 0.6) is 0 Å². The van der Waals surface area contributed by atoms with E-state index in [1.54, 1.807) is 0 Å². The molecule has 0 fully saturated rings. The highest BCUT2D eigenvalue weighted by atomic mass is 19.3. The smallest absolute Gasteiger partial charge is 0.260 e. The molecule has 0 bridgehead atoms. The molecule has 1 nitrogen and oxygen atoms in total. The average molecular weight is 189 g/mol. The molecule has 76 valence electrons. The van der Waals surface area contributed by atoms with Gasteiger partial charge in [-0.3, -0.25) is 0 Å². The zero-order valence-electron chi connectivity index (χ0n) is 8.40. The molecule has 0 unspecified atom stereocenters. The molecular weight excluding hydrogens is 172 g/mol. The average Bonchev–Trinajstić information content (AvgIpc) is 2.12. The molecule has 0 aromatic rings. The largest absolute Gasteiger partial charge is 0.308 e. The molecule has 0 amide bonds. The van der Waals surface area contributed by atoms with Crippen molar-refractivity contribution >= 4 is 6.21 Å². The van der Waals surface area contributed by atoms with E-state index in [4.69, 9.17) is 5.41 Å². The second kappa shape index (κ2) is 5.84. The first-order chi connectivity index (χ1) is 6.08. The summed E-state index contributed by atoms with van der Waals surface area (Å²) in [4.78, 5) is 0. The van der Waals surface area contributed by atoms with Crippen molar-refractivity contribution in [3.63, 3.8) is 0 Å². The van der Waals surface area contributed by atoms with E-state index >= 15 is 0 Å². The van der Waals surface area contributed by atoms with E-state index in [-0.39, 0.29) is 11.5 Å². The highest BCUT2D eigenvalue weighted by Crippen LogP contribution is 2.23. The molecule has 0 aliphatic heterocycles. The lowest BCUT2D eigenvalue weighted by molar-refractivity contribution is 0.188. The highest BCUT2D eigenvalue weighted by Gasteiger charge is 2.16. The lowest BCUT2D eigenvalue weighted by Crippen LogP contribution is -2.09. The molecule has 0 radical (unpaired) electrons. The predicted octanol–water partition coefficient (Wildman–Crippen LogP) is 3.65. The summed E-state index contributed by atoms with van der Waals surface area (Å²) in [6.07, 6.45) is 0.257. The third-order valence-corrected chi connectivity index (χ3v) is 2.36. The summed E-state index contributed by atoms with van der Waals surface area (Å²) in [5.41, 5.74) is 0.545. The fraction of sp³-hybridized carbons (Fsp3) is 0.700. The summed E-state index contributed by atoms with van der Waals surface area (Å²) in [7, 11) is 0. The van der Waals surface area contributed by atoms with Gasteiger partial charge in [-0.15, -0.1) is 0 Å². The van der Waals surface area contributed by atoms with Crippen LogP contribution in [-0.4, -0.2) is 12.6 Å². The molecule has 0 spiro atoms. The Hall–Kier alpha value is -0.730. The lowest BCUT2D eigenvalue weighted by atomic mass is 9.91. The predicted molar refractivity (Wildman–Crippen MR) is 51.6 cm³/mol. The Bertz CT molecular complexity index is 193. The number of hydrogen-bond acceptors (Lipinski definition) is 1. The van der Waals surface area contributed by atoms with Crippen LogP contribution in [0.3, 0.4) is 0 Å². The topological polar surface area (TPSA) is 23.9 Å². The van der Waals surface area contributed by atoms with Gasteiger partial charge >= 0.3 is 0 Å². The monoisotopic (exact) mass is 189 g/mol. The van der Waals surface area contributed by atoms with E-state index in [0.29, 0.717) is 5.57 Å². The minimum absolute atomic E-state index is 0.0451. The van der Waals surface area contributed by atoms with Gasteiger partial charge < -0.3 is 5.41 Å². The van der Waals surface area contributed by atoms with Crippen LogP contribution in [0.1, 0.15) is 33.6 Å². The van der Waals surface area contributed by atoms with Gasteiger partial charge in [-0.2, -0.15) is 0 Å². The molecule has 0 aromatic carbocycles. The van der Waals surface area contributed by atoms with Crippen LogP contribution in [0, 0.1) is 11.3 Å². The summed E-state index contributed by atoms with van der Waals surface area (Å²) >= 11 is 0. The second-order valence-corrected chi connectivity index (χ2v) is 3.10. The Morgan fingerprint density at radius 1 is 1.31 bits per heavy atom. The zero-order valence-corrected chi connectivity index (χ0v) is 8.40. The van der Waals surface area contributed by atoms with Crippen molar-refractivity contribution in [3.8, 4) is 0 Å². The van der Waals surface area contributed by atoms with Gasteiger partial charge in [-0.05, 0) is 36.8 Å². The number of rotatable bonds is 5. The van der Waals surface area contributed by atoms with E-state index in [2.05, 4.69) is 0 Å². The van der Waals surface area contributed by atoms with Crippen LogP contribution in [0.25, 0.3) is 0 Å². The minimum Gasteiger partial charge on any atom is -0.308 e. The van der Waals surface area contributed by atoms with Gasteiger partial charge in [0.15, 0.2) is 0 Å². The van der Waals surface area contributed by atoms with Crippen molar-refractivity contribution in [1.82, 2.24) is 0 Å². The van der Waals surface area contributed by atoms with E-state index in [9.17, 15) is 8.78 Å². The van der Waals surface area contributed by atoms with Gasteiger partial charge in [0.05, 0.1) is 0 Å². The standard InChI is InChI=1S/C10H17F2N/c1-4-8(5-2)9(6-13)7(3)10(11)12/h6,8,10,13H,4-5H2,1-3H3/b9-7-,13-6?. The van der Waals surface area contributed by atoms with Crippen LogP contribution in [0.15, 0.2) is 11.1 Å². The number of allylic oxidation sites excluding steroid dienone is 2. The summed E-state index contributed by atoms with van der Waals surface area (Å²) in [5, 5.41) is 7.10. The van der Waals surface area contributed by atoms with Crippen molar-refractivity contribution in [2.75, 3.05) is 0 Å². The molecule has 13 heavy (non-hydrogen) atoms. The summed E-state index contributed by atoms with van der Waals surface area (Å²) < 4.78 is 24.7. The van der Waals surface area contributed by atoms with E-state index in [1.165, 1.54) is 6.92 Å². The SMILES string of the molecule is CCC(CC)/C(C=N)=C(/C)C(F)F. The fourth-order valence-corrected chi connectivity index (χ4v) is 1.41. The second-order valence-electron chi connectivity index (χ2n) is 3.10. The zero-order chi connectivity index (χ0) is 10.4. The summed E-state index contributed by atoms with van der Waals surface area (Å²) in [5.74, 6) is 0.103. The van der Waals surface area contributed by atoms with Crippen molar-refractivity contribution < 1.29 is 8.78 Å². The first-order valence-corrected chi connectivity index (χ1v) is 4.57. The molecule has 0 saturated carbocycles. The van der Waals surface area contributed by atoms with Crippen molar-refractivity contribution in [2.24, 2.45) is 5.92 Å². The van der Waals surface area contributed by atoms with Crippen LogP contribution >= 0.6 is 0 Å². The van der Waals surface area contributed by atoms with Gasteiger partial charge in [0.1, 0.15) is 0 Å². The Balaban J connectivity index is 4.84. The first-order valence-electron chi connectivity index (χ1n) is 4.57. The number of nitrogens with one attached hydrogen (secondary N) is 1. The quantitative estimate of drug-likeness (QED) is 0.638. The molecule has 0 saturated heterocycles. The Kier molecular flexibility index (Phi) is 5.51. The van der Waals surface area contributed by atoms with E-state index in [1.807, 2.05) is 13.8 Å². The Labute approximate surface area is 78.4 Å². The molecule has 1 N–H and O–H groups in total. The van der Waals surface area contributed by atoms with Crippen molar-refractivity contribution in [3.05, 3.63) is 11.1 Å². The lowest BCUT2D eigenvalue weighted by Gasteiger charge is -2.16. The third-order valence-electron chi connectivity index (χ3n) is 2.36. The van der Waals surface area contributed by atoms with Crippen LogP contribution in [-0.2, 0) is 0 Å². The number of alkyl halides is 2. The van der Waals surface area contributed by atoms with Crippen LogP contribution in [0.2, 0.25) is 0 Å². The van der Waals surface area contributed by atoms with Gasteiger partial charge in [0.25, 0.3) is 6.43 Å². The molecule has 0 aromatic heterocycles. The molecule has 0 aliphatic rings. The molecule has 0 rings (SSSR count). The normalized spacial score (nSPS) is 13.5. The molecule has 0 aliphatic carbocycles. The maximum absolute atomic E-state index is 12.3. The first kappa shape index (κ1) is 12.3. The number of halogens is 2. The van der Waals surface area contributed by atoms with E-state index in [0.717, 1.165) is 19.1 Å². The highest BCUT2D eigenvalue weighted by molar-refractivity contribution is 5.77. The Morgan fingerprint density at radius 3 is 2.00 bits per heavy atom. The van der Waals surface area contributed by atoms with Crippen molar-refractivity contribution in [1.29, 1.82) is 5.41 Å². The molecule has 0 atom stereocenters. The molecular formula is C10H17F2N. The van der Waals surface area contributed by atoms with Gasteiger partial charge in [-0.1, -0.05) is 13.8 Å². The van der Waals surface area contributed by atoms with Gasteiger partial charge in [0, 0.05) is 6.21 Å². The molecule has 0 heterocycles. The van der Waals surface area contributed by atoms with Crippen molar-refractivity contribution in [2.45, 2.75) is 40.0 Å². The van der Waals surface area contributed by atoms with Gasteiger partial charge in [0.2, 0.25) is 0 Å².